The fourth-order valence-electron chi connectivity index (χ4n) is 2.75. The summed E-state index contributed by atoms with van der Waals surface area (Å²) in [5.41, 5.74) is 3.06. The maximum atomic E-state index is 11.4. The summed E-state index contributed by atoms with van der Waals surface area (Å²) in [6, 6.07) is 15.5. The van der Waals surface area contributed by atoms with E-state index in [4.69, 9.17) is 34.8 Å². The molecule has 0 unspecified atom stereocenters. The average Bonchev–Trinajstić information content (AvgIpc) is 3.05. The normalized spacial score (nSPS) is 11.1. The monoisotopic (exact) mass is 417 g/mol. The van der Waals surface area contributed by atoms with Crippen LogP contribution in [0.3, 0.4) is 0 Å². The molecule has 0 bridgehead atoms. The quantitative estimate of drug-likeness (QED) is 0.462. The van der Waals surface area contributed by atoms with Gasteiger partial charge in [-0.15, -0.1) is 0 Å². The van der Waals surface area contributed by atoms with Gasteiger partial charge in [0.2, 0.25) is 0 Å². The highest BCUT2D eigenvalue weighted by Crippen LogP contribution is 2.31. The first-order valence-electron chi connectivity index (χ1n) is 7.77. The Morgan fingerprint density at radius 2 is 1.52 bits per heavy atom. The van der Waals surface area contributed by atoms with Crippen molar-refractivity contribution in [1.82, 2.24) is 14.6 Å². The van der Waals surface area contributed by atoms with Gasteiger partial charge in [0.25, 0.3) is 0 Å². The van der Waals surface area contributed by atoms with E-state index in [1.807, 2.05) is 12.1 Å². The lowest BCUT2D eigenvalue weighted by molar-refractivity contribution is 0.0690. The molecule has 0 spiro atoms. The molecule has 4 aromatic rings. The van der Waals surface area contributed by atoms with E-state index in [-0.39, 0.29) is 5.69 Å². The van der Waals surface area contributed by atoms with Gasteiger partial charge in [0, 0.05) is 32.3 Å². The molecule has 134 valence electrons. The van der Waals surface area contributed by atoms with Crippen LogP contribution in [0.25, 0.3) is 28.2 Å². The van der Waals surface area contributed by atoms with Crippen molar-refractivity contribution in [3.05, 3.63) is 75.4 Å². The van der Waals surface area contributed by atoms with Crippen molar-refractivity contribution < 1.29 is 9.90 Å². The van der Waals surface area contributed by atoms with Crippen molar-refractivity contribution in [2.45, 2.75) is 0 Å². The Bertz CT molecular complexity index is 1170. The van der Waals surface area contributed by atoms with Crippen molar-refractivity contribution >= 4 is 46.4 Å². The molecule has 5 nitrogen and oxygen atoms in total. The molecule has 0 amide bonds. The van der Waals surface area contributed by atoms with Crippen LogP contribution in [0.15, 0.2) is 54.6 Å². The van der Waals surface area contributed by atoms with Gasteiger partial charge in [0.1, 0.15) is 0 Å². The Balaban J connectivity index is 2.01. The largest absolute Gasteiger partial charge is 0.476 e. The van der Waals surface area contributed by atoms with Crippen LogP contribution in [0.5, 0.6) is 0 Å². The molecule has 0 aliphatic heterocycles. The maximum Gasteiger partial charge on any atom is 0.356 e. The predicted molar refractivity (Wildman–Crippen MR) is 106 cm³/mol. The number of nitrogens with zero attached hydrogens (tertiary/aromatic N) is 3. The van der Waals surface area contributed by atoms with Crippen LogP contribution in [0.2, 0.25) is 15.1 Å². The zero-order valence-corrected chi connectivity index (χ0v) is 15.8. The number of aromatic carboxylic acids is 1. The van der Waals surface area contributed by atoms with Crippen LogP contribution < -0.4 is 0 Å². The Hall–Kier alpha value is -2.60. The highest BCUT2D eigenvalue weighted by molar-refractivity contribution is 6.35. The predicted octanol–water partition coefficient (Wildman–Crippen LogP) is 5.72. The van der Waals surface area contributed by atoms with Gasteiger partial charge in [0.05, 0.1) is 11.4 Å². The zero-order chi connectivity index (χ0) is 19.1. The number of carboxylic acids is 1. The molecule has 4 rings (SSSR count). The molecule has 0 aliphatic carbocycles. The van der Waals surface area contributed by atoms with Gasteiger partial charge in [-0.3, -0.25) is 0 Å². The third kappa shape index (κ3) is 3.49. The fourth-order valence-corrected chi connectivity index (χ4v) is 3.41. The van der Waals surface area contributed by atoms with Gasteiger partial charge >= 0.3 is 5.97 Å². The number of rotatable bonds is 3. The second-order valence-corrected chi connectivity index (χ2v) is 7.11. The summed E-state index contributed by atoms with van der Waals surface area (Å²) in [6.07, 6.45) is 0. The number of hydrogen-bond acceptors (Lipinski definition) is 3. The highest BCUT2D eigenvalue weighted by atomic mass is 35.5. The first-order chi connectivity index (χ1) is 12.9. The van der Waals surface area contributed by atoms with Crippen LogP contribution in [0, 0.1) is 0 Å². The van der Waals surface area contributed by atoms with E-state index < -0.39 is 5.97 Å². The molecule has 8 heteroatoms. The summed E-state index contributed by atoms with van der Waals surface area (Å²) in [6.45, 7) is 0. The number of aromatic nitrogens is 3. The van der Waals surface area contributed by atoms with E-state index in [0.717, 1.165) is 5.56 Å². The first-order valence-corrected chi connectivity index (χ1v) is 8.90. The SMILES string of the molecule is O=C(O)c1cc2nc(-c3ccc(Cl)cc3)cc(-c3cc(Cl)cc(Cl)c3)n2n1. The maximum absolute atomic E-state index is 11.4. The van der Waals surface area contributed by atoms with Gasteiger partial charge in [-0.25, -0.2) is 14.3 Å². The van der Waals surface area contributed by atoms with E-state index in [2.05, 4.69) is 10.1 Å². The Labute approximate surface area is 168 Å². The topological polar surface area (TPSA) is 67.5 Å². The molecular formula is C19H10Cl3N3O2. The average molecular weight is 419 g/mol. The van der Waals surface area contributed by atoms with E-state index >= 15 is 0 Å². The smallest absolute Gasteiger partial charge is 0.356 e. The van der Waals surface area contributed by atoms with E-state index in [9.17, 15) is 9.90 Å². The minimum Gasteiger partial charge on any atom is -0.476 e. The highest BCUT2D eigenvalue weighted by Gasteiger charge is 2.16. The molecule has 0 saturated carbocycles. The third-order valence-corrected chi connectivity index (χ3v) is 4.63. The lowest BCUT2D eigenvalue weighted by atomic mass is 10.1. The second-order valence-electron chi connectivity index (χ2n) is 5.80. The first kappa shape index (κ1) is 17.8. The van der Waals surface area contributed by atoms with Gasteiger partial charge < -0.3 is 5.11 Å². The molecular weight excluding hydrogens is 409 g/mol. The summed E-state index contributed by atoms with van der Waals surface area (Å²) in [4.78, 5) is 15.9. The summed E-state index contributed by atoms with van der Waals surface area (Å²) < 4.78 is 1.46. The molecule has 0 saturated heterocycles. The minimum absolute atomic E-state index is 0.106. The Morgan fingerprint density at radius 3 is 2.15 bits per heavy atom. The minimum atomic E-state index is -1.14. The third-order valence-electron chi connectivity index (χ3n) is 3.94. The van der Waals surface area contributed by atoms with Crippen molar-refractivity contribution in [2.75, 3.05) is 0 Å². The molecule has 2 heterocycles. The molecule has 27 heavy (non-hydrogen) atoms. The van der Waals surface area contributed by atoms with Crippen molar-refractivity contribution in [2.24, 2.45) is 0 Å². The molecule has 0 radical (unpaired) electrons. The Morgan fingerprint density at radius 1 is 0.852 bits per heavy atom. The number of benzene rings is 2. The number of hydrogen-bond donors (Lipinski definition) is 1. The van der Waals surface area contributed by atoms with Crippen LogP contribution in [0.1, 0.15) is 10.5 Å². The van der Waals surface area contributed by atoms with Crippen LogP contribution >= 0.6 is 34.8 Å². The molecule has 0 atom stereocenters. The zero-order valence-electron chi connectivity index (χ0n) is 13.5. The number of halogens is 3. The number of fused-ring (bicyclic) bond motifs is 1. The number of carboxylic acid groups (broad SMARTS) is 1. The van der Waals surface area contributed by atoms with E-state index in [1.54, 1.807) is 36.4 Å². The molecule has 1 N–H and O–H groups in total. The van der Waals surface area contributed by atoms with Crippen molar-refractivity contribution in [1.29, 1.82) is 0 Å². The van der Waals surface area contributed by atoms with Crippen molar-refractivity contribution in [3.8, 4) is 22.5 Å². The Kier molecular flexibility index (Phi) is 4.52. The molecule has 2 aromatic heterocycles. The number of carbonyl (C=O) groups is 1. The van der Waals surface area contributed by atoms with E-state index in [0.29, 0.717) is 37.7 Å². The fraction of sp³-hybridized carbons (Fsp3) is 0. The lowest BCUT2D eigenvalue weighted by Gasteiger charge is -2.09. The molecule has 0 fully saturated rings. The molecule has 0 aliphatic rings. The summed E-state index contributed by atoms with van der Waals surface area (Å²) >= 11 is 18.3. The van der Waals surface area contributed by atoms with Crippen LogP contribution in [-0.4, -0.2) is 25.7 Å². The van der Waals surface area contributed by atoms with Gasteiger partial charge in [-0.1, -0.05) is 46.9 Å². The summed E-state index contributed by atoms with van der Waals surface area (Å²) in [5.74, 6) is -1.14. The molecule has 2 aromatic carbocycles. The van der Waals surface area contributed by atoms with Gasteiger partial charge in [-0.2, -0.15) is 5.10 Å². The van der Waals surface area contributed by atoms with Crippen LogP contribution in [-0.2, 0) is 0 Å². The second kappa shape index (κ2) is 6.85. The van der Waals surface area contributed by atoms with Crippen LogP contribution in [0.4, 0.5) is 0 Å². The summed E-state index contributed by atoms with van der Waals surface area (Å²) in [5, 5.41) is 15.0. The van der Waals surface area contributed by atoms with Crippen molar-refractivity contribution in [3.63, 3.8) is 0 Å². The van der Waals surface area contributed by atoms with E-state index in [1.165, 1.54) is 10.6 Å². The standard InChI is InChI=1S/C19H10Cl3N3O2/c20-12-3-1-10(2-4-12)15-8-17(11-5-13(21)7-14(22)6-11)25-18(23-15)9-16(24-25)19(26)27/h1-9H,(H,26,27). The van der Waals surface area contributed by atoms with Gasteiger partial charge in [0.15, 0.2) is 11.3 Å². The lowest BCUT2D eigenvalue weighted by Crippen LogP contribution is -2.01. The van der Waals surface area contributed by atoms with Gasteiger partial charge in [-0.05, 0) is 36.4 Å². The summed E-state index contributed by atoms with van der Waals surface area (Å²) in [7, 11) is 0.